The number of allylic oxidation sites excluding steroid dienone is 3. The van der Waals surface area contributed by atoms with Crippen LogP contribution in [0.15, 0.2) is 90.5 Å². The molecule has 2 aliphatic carbocycles. The smallest absolute Gasteiger partial charge is 0.269 e. The highest BCUT2D eigenvalue weighted by Gasteiger charge is 2.62. The van der Waals surface area contributed by atoms with Gasteiger partial charge in [0.25, 0.3) is 5.69 Å². The van der Waals surface area contributed by atoms with E-state index in [0.29, 0.717) is 5.69 Å². The van der Waals surface area contributed by atoms with Gasteiger partial charge < -0.3 is 9.47 Å². The molecule has 1 saturated carbocycles. The van der Waals surface area contributed by atoms with Crippen molar-refractivity contribution in [2.75, 3.05) is 19.1 Å². The molecule has 4 unspecified atom stereocenters. The van der Waals surface area contributed by atoms with Gasteiger partial charge in [-0.25, -0.2) is 4.90 Å². The van der Waals surface area contributed by atoms with Crippen LogP contribution in [-0.2, 0) is 9.59 Å². The maximum Gasteiger partial charge on any atom is 0.269 e. The molecule has 0 N–H and O–H groups in total. The van der Waals surface area contributed by atoms with Crippen LogP contribution < -0.4 is 14.4 Å². The highest BCUT2D eigenvalue weighted by atomic mass is 16.6. The van der Waals surface area contributed by atoms with Crippen molar-refractivity contribution in [1.29, 1.82) is 0 Å². The van der Waals surface area contributed by atoms with Crippen molar-refractivity contribution in [3.63, 3.8) is 0 Å². The number of ether oxygens (including phenoxy) is 2. The van der Waals surface area contributed by atoms with Crippen LogP contribution >= 0.6 is 0 Å². The van der Waals surface area contributed by atoms with Crippen molar-refractivity contribution in [2.24, 2.45) is 23.7 Å². The van der Waals surface area contributed by atoms with Crippen LogP contribution in [0.4, 0.5) is 11.4 Å². The Morgan fingerprint density at radius 1 is 0.737 bits per heavy atom. The van der Waals surface area contributed by atoms with Gasteiger partial charge in [-0.1, -0.05) is 36.4 Å². The van der Waals surface area contributed by atoms with Crippen molar-refractivity contribution >= 4 is 28.8 Å². The van der Waals surface area contributed by atoms with E-state index in [0.717, 1.165) is 33.8 Å². The maximum atomic E-state index is 13.7. The average Bonchev–Trinajstić information content (AvgIpc) is 3.58. The number of carbonyl (C=O) groups is 2. The number of nitrogens with zero attached hydrogens (tertiary/aromatic N) is 2. The van der Waals surface area contributed by atoms with E-state index in [-0.39, 0.29) is 29.3 Å². The molecule has 4 atom stereocenters. The molecule has 1 saturated heterocycles. The highest BCUT2D eigenvalue weighted by Crippen LogP contribution is 2.59. The fourth-order valence-corrected chi connectivity index (χ4v) is 6.09. The Labute approximate surface area is 218 Å². The van der Waals surface area contributed by atoms with Crippen LogP contribution in [0.1, 0.15) is 11.1 Å². The predicted octanol–water partition coefficient (Wildman–Crippen LogP) is 5.04. The zero-order valence-corrected chi connectivity index (χ0v) is 20.7. The Bertz CT molecular complexity index is 1420. The van der Waals surface area contributed by atoms with Crippen LogP contribution in [0, 0.1) is 33.8 Å². The van der Waals surface area contributed by atoms with E-state index in [9.17, 15) is 19.7 Å². The van der Waals surface area contributed by atoms with Crippen molar-refractivity contribution in [3.05, 3.63) is 112 Å². The standard InChI is InChI=1S/C30H24N2O6/c1-37-21-11-3-17(4-12-21)25(18-5-13-22(38-2)14-6-18)26-23-15-16-24(26)28-27(23)29(33)31(30(28)34)19-7-9-20(10-8-19)32(35)36/h3-16,23-24,27-28H,1-2H3. The van der Waals surface area contributed by atoms with Crippen LogP contribution in [0.5, 0.6) is 11.5 Å². The zero-order valence-electron chi connectivity index (χ0n) is 20.7. The van der Waals surface area contributed by atoms with Crippen molar-refractivity contribution in [2.45, 2.75) is 0 Å². The number of non-ortho nitro benzene ring substituents is 1. The molecular weight excluding hydrogens is 484 g/mol. The van der Waals surface area contributed by atoms with Crippen molar-refractivity contribution in [1.82, 2.24) is 0 Å². The van der Waals surface area contributed by atoms with E-state index in [1.54, 1.807) is 14.2 Å². The minimum absolute atomic E-state index is 0.0939. The molecule has 2 bridgehead atoms. The molecule has 0 radical (unpaired) electrons. The Morgan fingerprint density at radius 2 is 1.18 bits per heavy atom. The molecule has 8 nitrogen and oxygen atoms in total. The Morgan fingerprint density at radius 3 is 1.58 bits per heavy atom. The summed E-state index contributed by atoms with van der Waals surface area (Å²) in [7, 11) is 3.24. The van der Waals surface area contributed by atoms with Gasteiger partial charge in [0.05, 0.1) is 36.7 Å². The number of hydrogen-bond acceptors (Lipinski definition) is 6. The first-order valence-corrected chi connectivity index (χ1v) is 12.3. The van der Waals surface area contributed by atoms with Crippen LogP contribution in [0.25, 0.3) is 5.57 Å². The Balaban J connectivity index is 1.44. The first-order chi connectivity index (χ1) is 18.4. The van der Waals surface area contributed by atoms with Gasteiger partial charge in [-0.2, -0.15) is 0 Å². The zero-order chi connectivity index (χ0) is 26.6. The van der Waals surface area contributed by atoms with E-state index >= 15 is 0 Å². The SMILES string of the molecule is COc1ccc(C(=C2C3C=CC2C2C(=O)N(c4ccc([N+](=O)[O-])cc4)C(=O)C32)c2ccc(OC)cc2)cc1. The summed E-state index contributed by atoms with van der Waals surface area (Å²) in [5, 5.41) is 11.1. The summed E-state index contributed by atoms with van der Waals surface area (Å²) in [5.41, 5.74) is 4.25. The average molecular weight is 509 g/mol. The van der Waals surface area contributed by atoms with E-state index in [2.05, 4.69) is 0 Å². The normalized spacial score (nSPS) is 23.1. The molecule has 190 valence electrons. The number of hydrogen-bond donors (Lipinski definition) is 0. The summed E-state index contributed by atoms with van der Waals surface area (Å²) in [6, 6.07) is 21.1. The van der Waals surface area contributed by atoms with E-state index in [4.69, 9.17) is 9.47 Å². The van der Waals surface area contributed by atoms with Gasteiger partial charge >= 0.3 is 0 Å². The van der Waals surface area contributed by atoms with Gasteiger partial charge in [0.15, 0.2) is 0 Å². The fourth-order valence-electron chi connectivity index (χ4n) is 6.09. The van der Waals surface area contributed by atoms with Gasteiger partial charge in [-0.15, -0.1) is 0 Å². The third kappa shape index (κ3) is 3.52. The van der Waals surface area contributed by atoms with Crippen molar-refractivity contribution in [3.8, 4) is 11.5 Å². The number of benzene rings is 3. The quantitative estimate of drug-likeness (QED) is 0.200. The Hall–Kier alpha value is -4.72. The topological polar surface area (TPSA) is 99.0 Å². The van der Waals surface area contributed by atoms with Gasteiger partial charge in [-0.05, 0) is 58.7 Å². The Kier molecular flexibility index (Phi) is 5.60. The molecule has 6 rings (SSSR count). The first-order valence-electron chi connectivity index (χ1n) is 12.3. The summed E-state index contributed by atoms with van der Waals surface area (Å²) < 4.78 is 10.7. The van der Waals surface area contributed by atoms with Gasteiger partial charge in [0, 0.05) is 24.0 Å². The van der Waals surface area contributed by atoms with E-state index in [1.165, 1.54) is 29.2 Å². The van der Waals surface area contributed by atoms with Gasteiger partial charge in [-0.3, -0.25) is 19.7 Å². The van der Waals surface area contributed by atoms with Gasteiger partial charge in [0.2, 0.25) is 11.8 Å². The van der Waals surface area contributed by atoms with E-state index < -0.39 is 16.8 Å². The lowest BCUT2D eigenvalue weighted by atomic mass is 9.85. The summed E-state index contributed by atoms with van der Waals surface area (Å²) in [6.45, 7) is 0. The second-order valence-electron chi connectivity index (χ2n) is 9.56. The predicted molar refractivity (Wildman–Crippen MR) is 141 cm³/mol. The van der Waals surface area contributed by atoms with Crippen LogP contribution in [0.2, 0.25) is 0 Å². The van der Waals surface area contributed by atoms with Gasteiger partial charge in [0.1, 0.15) is 11.5 Å². The van der Waals surface area contributed by atoms with E-state index in [1.807, 2.05) is 60.7 Å². The molecule has 0 aromatic heterocycles. The molecular formula is C30H24N2O6. The summed E-state index contributed by atoms with van der Waals surface area (Å²) in [4.78, 5) is 39.1. The molecule has 2 fully saturated rings. The monoisotopic (exact) mass is 508 g/mol. The second kappa shape index (κ2) is 8.99. The molecule has 3 aliphatic rings. The number of nitro benzene ring substituents is 1. The molecule has 3 aromatic carbocycles. The number of methoxy groups -OCH3 is 2. The third-order valence-electron chi connectivity index (χ3n) is 7.78. The highest BCUT2D eigenvalue weighted by molar-refractivity contribution is 6.23. The fraction of sp³-hybridized carbons (Fsp3) is 0.200. The molecule has 3 aromatic rings. The van der Waals surface area contributed by atoms with Crippen molar-refractivity contribution < 1.29 is 24.0 Å². The number of amides is 2. The summed E-state index contributed by atoms with van der Waals surface area (Å²) >= 11 is 0. The minimum atomic E-state index is -0.519. The summed E-state index contributed by atoms with van der Waals surface area (Å²) in [5.74, 6) is -0.572. The lowest BCUT2D eigenvalue weighted by Gasteiger charge is -2.22. The molecule has 2 amide bonds. The third-order valence-corrected chi connectivity index (χ3v) is 7.78. The number of anilines is 1. The summed E-state index contributed by atoms with van der Waals surface area (Å²) in [6.07, 6.45) is 4.08. The molecule has 38 heavy (non-hydrogen) atoms. The largest absolute Gasteiger partial charge is 0.497 e. The lowest BCUT2D eigenvalue weighted by Crippen LogP contribution is -2.33. The minimum Gasteiger partial charge on any atom is -0.497 e. The molecule has 1 aliphatic heterocycles. The number of rotatable bonds is 6. The molecule has 0 spiro atoms. The number of nitro groups is 1. The molecule has 8 heteroatoms. The maximum absolute atomic E-state index is 13.7. The number of carbonyl (C=O) groups excluding carboxylic acids is 2. The lowest BCUT2D eigenvalue weighted by molar-refractivity contribution is -0.384. The first kappa shape index (κ1) is 23.7. The van der Waals surface area contributed by atoms with Crippen LogP contribution in [0.3, 0.4) is 0 Å². The second-order valence-corrected chi connectivity index (χ2v) is 9.56. The number of imide groups is 1. The number of fused-ring (bicyclic) bond motifs is 5. The molecule has 1 heterocycles. The van der Waals surface area contributed by atoms with Crippen LogP contribution in [-0.4, -0.2) is 31.0 Å².